The van der Waals surface area contributed by atoms with Crippen molar-refractivity contribution in [3.63, 3.8) is 0 Å². The van der Waals surface area contributed by atoms with Crippen LogP contribution in [0.5, 0.6) is 0 Å². The summed E-state index contributed by atoms with van der Waals surface area (Å²) < 4.78 is 1.29. The van der Waals surface area contributed by atoms with E-state index in [1.807, 2.05) is 0 Å². The molecule has 3 rings (SSSR count). The first-order valence-electron chi connectivity index (χ1n) is 7.29. The minimum atomic E-state index is -0.0194. The van der Waals surface area contributed by atoms with Crippen molar-refractivity contribution in [3.8, 4) is 0 Å². The van der Waals surface area contributed by atoms with Gasteiger partial charge in [0.2, 0.25) is 0 Å². The monoisotopic (exact) mass is 377 g/mol. The Morgan fingerprint density at radius 3 is 2.60 bits per heavy atom. The molecule has 2 aromatic rings. The van der Waals surface area contributed by atoms with Crippen LogP contribution in [0.15, 0.2) is 36.4 Å². The molecular formula is C18H20IN. The molecule has 0 aromatic heterocycles. The highest BCUT2D eigenvalue weighted by Gasteiger charge is 2.16. The fraction of sp³-hybridized carbons (Fsp3) is 0.333. The Morgan fingerprint density at radius 2 is 1.80 bits per heavy atom. The van der Waals surface area contributed by atoms with Crippen molar-refractivity contribution >= 4 is 22.6 Å². The van der Waals surface area contributed by atoms with Gasteiger partial charge in [-0.15, -0.1) is 0 Å². The van der Waals surface area contributed by atoms with E-state index in [1.165, 1.54) is 57.1 Å². The molecule has 0 heterocycles. The lowest BCUT2D eigenvalue weighted by molar-refractivity contribution is 0.682. The molecule has 1 aliphatic carbocycles. The number of rotatable bonds is 2. The van der Waals surface area contributed by atoms with Crippen LogP contribution in [0.3, 0.4) is 0 Å². The van der Waals surface area contributed by atoms with Gasteiger partial charge >= 0.3 is 0 Å². The van der Waals surface area contributed by atoms with Gasteiger partial charge in [-0.25, -0.2) is 0 Å². The maximum Gasteiger partial charge on any atom is 0.0562 e. The van der Waals surface area contributed by atoms with Crippen molar-refractivity contribution in [2.24, 2.45) is 5.73 Å². The lowest BCUT2D eigenvalue weighted by Gasteiger charge is -2.20. The van der Waals surface area contributed by atoms with Gasteiger partial charge in [-0.3, -0.25) is 0 Å². The first-order chi connectivity index (χ1) is 9.66. The smallest absolute Gasteiger partial charge is 0.0562 e. The first kappa shape index (κ1) is 14.1. The normalized spacial score (nSPS) is 15.8. The highest BCUT2D eigenvalue weighted by Crippen LogP contribution is 2.29. The van der Waals surface area contributed by atoms with Crippen molar-refractivity contribution in [3.05, 3.63) is 67.8 Å². The summed E-state index contributed by atoms with van der Waals surface area (Å²) in [7, 11) is 0. The molecule has 0 amide bonds. The van der Waals surface area contributed by atoms with Crippen molar-refractivity contribution in [1.82, 2.24) is 0 Å². The summed E-state index contributed by atoms with van der Waals surface area (Å²) in [4.78, 5) is 0. The Bertz CT molecular complexity index is 633. The molecule has 104 valence electrons. The molecule has 0 radical (unpaired) electrons. The number of halogens is 1. The standard InChI is InChI=1S/C18H20IN/c1-12-5-4-8-16(17(12)19)18(20)15-10-9-13-6-2-3-7-14(13)11-15/h4-5,8-11,18H,2-3,6-7,20H2,1H3. The fourth-order valence-corrected chi connectivity index (χ4v) is 3.73. The molecule has 0 fully saturated rings. The summed E-state index contributed by atoms with van der Waals surface area (Å²) in [5, 5.41) is 0. The lowest BCUT2D eigenvalue weighted by Crippen LogP contribution is -2.15. The van der Waals surface area contributed by atoms with Gasteiger partial charge in [0.25, 0.3) is 0 Å². The molecule has 0 saturated carbocycles. The summed E-state index contributed by atoms with van der Waals surface area (Å²) >= 11 is 2.41. The zero-order chi connectivity index (χ0) is 14.1. The molecule has 20 heavy (non-hydrogen) atoms. The van der Waals surface area contributed by atoms with Crippen LogP contribution in [-0.4, -0.2) is 0 Å². The van der Waals surface area contributed by atoms with Crippen LogP contribution in [0, 0.1) is 10.5 Å². The van der Waals surface area contributed by atoms with E-state index in [0.717, 1.165) is 0 Å². The van der Waals surface area contributed by atoms with Gasteiger partial charge < -0.3 is 5.73 Å². The molecule has 0 bridgehead atoms. The molecule has 2 N–H and O–H groups in total. The summed E-state index contributed by atoms with van der Waals surface area (Å²) in [6.45, 7) is 2.14. The van der Waals surface area contributed by atoms with E-state index >= 15 is 0 Å². The van der Waals surface area contributed by atoms with Gasteiger partial charge in [-0.05, 0) is 83.0 Å². The van der Waals surface area contributed by atoms with Crippen LogP contribution >= 0.6 is 22.6 Å². The minimum Gasteiger partial charge on any atom is -0.320 e. The highest BCUT2D eigenvalue weighted by molar-refractivity contribution is 14.1. The average molecular weight is 377 g/mol. The number of benzene rings is 2. The molecule has 1 unspecified atom stereocenters. The molecule has 2 heteroatoms. The quantitative estimate of drug-likeness (QED) is 0.765. The number of hydrogen-bond donors (Lipinski definition) is 1. The van der Waals surface area contributed by atoms with Crippen molar-refractivity contribution in [2.75, 3.05) is 0 Å². The van der Waals surface area contributed by atoms with E-state index in [9.17, 15) is 0 Å². The van der Waals surface area contributed by atoms with Crippen molar-refractivity contribution in [1.29, 1.82) is 0 Å². The summed E-state index contributed by atoms with van der Waals surface area (Å²) in [6, 6.07) is 13.2. The second kappa shape index (κ2) is 5.86. The van der Waals surface area contributed by atoms with E-state index in [4.69, 9.17) is 5.73 Å². The zero-order valence-corrected chi connectivity index (χ0v) is 14.0. The van der Waals surface area contributed by atoms with Crippen LogP contribution in [0.1, 0.15) is 46.7 Å². The van der Waals surface area contributed by atoms with Crippen LogP contribution in [0.25, 0.3) is 0 Å². The predicted molar refractivity (Wildman–Crippen MR) is 93.0 cm³/mol. The highest BCUT2D eigenvalue weighted by atomic mass is 127. The van der Waals surface area contributed by atoms with Crippen LogP contribution < -0.4 is 5.73 Å². The van der Waals surface area contributed by atoms with E-state index < -0.39 is 0 Å². The van der Waals surface area contributed by atoms with Gasteiger partial charge in [0.1, 0.15) is 0 Å². The van der Waals surface area contributed by atoms with E-state index in [2.05, 4.69) is 65.9 Å². The van der Waals surface area contributed by atoms with Gasteiger partial charge in [0, 0.05) is 3.57 Å². The molecule has 0 spiro atoms. The predicted octanol–water partition coefficient (Wildman–Crippen LogP) is 4.53. The number of aryl methyl sites for hydroxylation is 3. The van der Waals surface area contributed by atoms with Gasteiger partial charge in [-0.2, -0.15) is 0 Å². The Labute approximate surface area is 134 Å². The Balaban J connectivity index is 1.98. The number of hydrogen-bond acceptors (Lipinski definition) is 1. The third-order valence-corrected chi connectivity index (χ3v) is 5.76. The Kier molecular flexibility index (Phi) is 4.13. The Morgan fingerprint density at radius 1 is 1.05 bits per heavy atom. The lowest BCUT2D eigenvalue weighted by atomic mass is 9.88. The van der Waals surface area contributed by atoms with E-state index in [0.29, 0.717) is 0 Å². The molecule has 0 saturated heterocycles. The Hall–Kier alpha value is -0.870. The summed E-state index contributed by atoms with van der Waals surface area (Å²) in [5.74, 6) is 0. The van der Waals surface area contributed by atoms with Crippen LogP contribution in [0.4, 0.5) is 0 Å². The SMILES string of the molecule is Cc1cccc(C(N)c2ccc3c(c2)CCCC3)c1I. The average Bonchev–Trinajstić information content (AvgIpc) is 2.49. The molecule has 2 aromatic carbocycles. The molecule has 1 nitrogen and oxygen atoms in total. The van der Waals surface area contributed by atoms with Gasteiger partial charge in [-0.1, -0.05) is 36.4 Å². The summed E-state index contributed by atoms with van der Waals surface area (Å²) in [6.07, 6.45) is 5.08. The second-order valence-electron chi connectivity index (χ2n) is 5.69. The fourth-order valence-electron chi connectivity index (χ4n) is 3.04. The maximum atomic E-state index is 6.51. The van der Waals surface area contributed by atoms with E-state index in [-0.39, 0.29) is 6.04 Å². The second-order valence-corrected chi connectivity index (χ2v) is 6.77. The number of nitrogens with two attached hydrogens (primary N) is 1. The van der Waals surface area contributed by atoms with E-state index in [1.54, 1.807) is 0 Å². The summed E-state index contributed by atoms with van der Waals surface area (Å²) in [5.41, 5.74) is 13.3. The van der Waals surface area contributed by atoms with Crippen molar-refractivity contribution < 1.29 is 0 Å². The van der Waals surface area contributed by atoms with Gasteiger partial charge in [0.15, 0.2) is 0 Å². The third kappa shape index (κ3) is 2.63. The molecular weight excluding hydrogens is 357 g/mol. The third-order valence-electron chi connectivity index (χ3n) is 4.29. The number of fused-ring (bicyclic) bond motifs is 1. The molecule has 1 aliphatic rings. The van der Waals surface area contributed by atoms with Gasteiger partial charge in [0.05, 0.1) is 6.04 Å². The van der Waals surface area contributed by atoms with Crippen LogP contribution in [-0.2, 0) is 12.8 Å². The minimum absolute atomic E-state index is 0.0194. The largest absolute Gasteiger partial charge is 0.320 e. The zero-order valence-electron chi connectivity index (χ0n) is 11.8. The first-order valence-corrected chi connectivity index (χ1v) is 8.37. The molecule has 1 atom stereocenters. The van der Waals surface area contributed by atoms with Crippen LogP contribution in [0.2, 0.25) is 0 Å². The van der Waals surface area contributed by atoms with Crippen molar-refractivity contribution in [2.45, 2.75) is 38.6 Å². The maximum absolute atomic E-state index is 6.51. The topological polar surface area (TPSA) is 26.0 Å². The molecule has 0 aliphatic heterocycles.